The second-order valence-corrected chi connectivity index (χ2v) is 6.99. The number of rotatable bonds is 5. The van der Waals surface area contributed by atoms with Crippen molar-refractivity contribution in [3.8, 4) is 0 Å². The van der Waals surface area contributed by atoms with Crippen LogP contribution in [0.5, 0.6) is 0 Å². The second kappa shape index (κ2) is 5.99. The van der Waals surface area contributed by atoms with Crippen molar-refractivity contribution in [3.05, 3.63) is 33.3 Å². The van der Waals surface area contributed by atoms with Gasteiger partial charge < -0.3 is 11.1 Å². The lowest BCUT2D eigenvalue weighted by Crippen LogP contribution is -2.19. The van der Waals surface area contributed by atoms with E-state index < -0.39 is 0 Å². The Labute approximate surface area is 132 Å². The molecule has 3 N–H and O–H groups in total. The van der Waals surface area contributed by atoms with Crippen molar-refractivity contribution in [1.29, 1.82) is 0 Å². The Morgan fingerprint density at radius 2 is 2.24 bits per heavy atom. The van der Waals surface area contributed by atoms with Crippen LogP contribution in [0.25, 0.3) is 10.2 Å². The Balaban J connectivity index is 1.86. The number of aromatic nitrogens is 2. The van der Waals surface area contributed by atoms with Gasteiger partial charge in [-0.3, -0.25) is 0 Å². The Hall–Kier alpha value is -1.66. The Morgan fingerprint density at radius 1 is 1.38 bits per heavy atom. The van der Waals surface area contributed by atoms with Crippen molar-refractivity contribution in [2.75, 3.05) is 11.1 Å². The standard InChI is InChI=1S/C15H18N4S2/c1-3-11-7-12-13(18-15(16)19-14(12)21-11)17-9(2)6-10-4-5-20-8-10/h4-5,7-9H,3,6H2,1-2H3,(H3,16,17,18,19). The van der Waals surface area contributed by atoms with Gasteiger partial charge in [0.1, 0.15) is 10.6 Å². The number of nitrogens with two attached hydrogens (primary N) is 1. The van der Waals surface area contributed by atoms with E-state index in [1.165, 1.54) is 10.4 Å². The predicted octanol–water partition coefficient (Wildman–Crippen LogP) is 3.94. The van der Waals surface area contributed by atoms with Gasteiger partial charge in [-0.2, -0.15) is 16.3 Å². The minimum Gasteiger partial charge on any atom is -0.368 e. The van der Waals surface area contributed by atoms with Gasteiger partial charge in [0, 0.05) is 10.9 Å². The lowest BCUT2D eigenvalue weighted by molar-refractivity contribution is 0.788. The van der Waals surface area contributed by atoms with E-state index in [0.717, 1.165) is 28.9 Å². The molecule has 0 aliphatic heterocycles. The topological polar surface area (TPSA) is 63.8 Å². The third-order valence-corrected chi connectivity index (χ3v) is 5.22. The highest BCUT2D eigenvalue weighted by Gasteiger charge is 2.12. The van der Waals surface area contributed by atoms with Crippen molar-refractivity contribution in [2.24, 2.45) is 0 Å². The second-order valence-electron chi connectivity index (χ2n) is 5.10. The summed E-state index contributed by atoms with van der Waals surface area (Å²) in [5.74, 6) is 1.17. The van der Waals surface area contributed by atoms with Gasteiger partial charge >= 0.3 is 0 Å². The summed E-state index contributed by atoms with van der Waals surface area (Å²) < 4.78 is 0. The predicted molar refractivity (Wildman–Crippen MR) is 92.3 cm³/mol. The van der Waals surface area contributed by atoms with E-state index in [-0.39, 0.29) is 0 Å². The SMILES string of the molecule is CCc1cc2c(NC(C)Cc3ccsc3)nc(N)nc2s1. The number of thiophene rings is 2. The first-order valence-electron chi connectivity index (χ1n) is 6.99. The van der Waals surface area contributed by atoms with E-state index in [0.29, 0.717) is 12.0 Å². The number of nitrogens with one attached hydrogen (secondary N) is 1. The summed E-state index contributed by atoms with van der Waals surface area (Å²) in [7, 11) is 0. The zero-order valence-electron chi connectivity index (χ0n) is 12.1. The fourth-order valence-electron chi connectivity index (χ4n) is 2.32. The Morgan fingerprint density at radius 3 is 2.95 bits per heavy atom. The molecule has 3 aromatic heterocycles. The largest absolute Gasteiger partial charge is 0.368 e. The van der Waals surface area contributed by atoms with Gasteiger partial charge in [-0.15, -0.1) is 11.3 Å². The van der Waals surface area contributed by atoms with Crippen molar-refractivity contribution < 1.29 is 0 Å². The maximum absolute atomic E-state index is 5.83. The molecule has 1 atom stereocenters. The highest BCUT2D eigenvalue weighted by Crippen LogP contribution is 2.30. The van der Waals surface area contributed by atoms with Crippen LogP contribution in [0, 0.1) is 0 Å². The molecule has 0 saturated heterocycles. The van der Waals surface area contributed by atoms with Gasteiger partial charge in [0.25, 0.3) is 0 Å². The zero-order chi connectivity index (χ0) is 14.8. The van der Waals surface area contributed by atoms with Crippen molar-refractivity contribution in [1.82, 2.24) is 9.97 Å². The summed E-state index contributed by atoms with van der Waals surface area (Å²) in [4.78, 5) is 11.0. The monoisotopic (exact) mass is 318 g/mol. The molecule has 0 spiro atoms. The van der Waals surface area contributed by atoms with Crippen LogP contribution in [0.15, 0.2) is 22.9 Å². The maximum atomic E-state index is 5.83. The van der Waals surface area contributed by atoms with Crippen molar-refractivity contribution in [2.45, 2.75) is 32.7 Å². The normalized spacial score (nSPS) is 12.7. The summed E-state index contributed by atoms with van der Waals surface area (Å²) in [5.41, 5.74) is 7.18. The number of fused-ring (bicyclic) bond motifs is 1. The first-order chi connectivity index (χ1) is 10.2. The average molecular weight is 318 g/mol. The van der Waals surface area contributed by atoms with E-state index in [4.69, 9.17) is 5.73 Å². The fraction of sp³-hybridized carbons (Fsp3) is 0.333. The number of anilines is 2. The molecular weight excluding hydrogens is 300 g/mol. The van der Waals surface area contributed by atoms with Crippen LogP contribution in [0.1, 0.15) is 24.3 Å². The molecule has 3 rings (SSSR count). The molecule has 0 aromatic carbocycles. The minimum absolute atomic E-state index is 0.294. The molecule has 0 saturated carbocycles. The van der Waals surface area contributed by atoms with Gasteiger partial charge in [0.15, 0.2) is 0 Å². The molecule has 3 aromatic rings. The molecule has 0 bridgehead atoms. The third kappa shape index (κ3) is 3.16. The van der Waals surface area contributed by atoms with Gasteiger partial charge in [-0.1, -0.05) is 6.92 Å². The third-order valence-electron chi connectivity index (χ3n) is 3.31. The molecule has 0 fully saturated rings. The molecule has 110 valence electrons. The molecule has 1 unspecified atom stereocenters. The first kappa shape index (κ1) is 14.3. The van der Waals surface area contributed by atoms with Crippen LogP contribution < -0.4 is 11.1 Å². The van der Waals surface area contributed by atoms with Gasteiger partial charge in [0.2, 0.25) is 5.95 Å². The molecule has 0 amide bonds. The Kier molecular flexibility index (Phi) is 4.07. The fourth-order valence-corrected chi connectivity index (χ4v) is 3.97. The van der Waals surface area contributed by atoms with E-state index in [9.17, 15) is 0 Å². The van der Waals surface area contributed by atoms with E-state index in [1.807, 2.05) is 0 Å². The number of nitrogen functional groups attached to an aromatic ring is 1. The van der Waals surface area contributed by atoms with Crippen LogP contribution in [0.2, 0.25) is 0 Å². The van der Waals surface area contributed by atoms with E-state index in [2.05, 4.69) is 52.0 Å². The summed E-state index contributed by atoms with van der Waals surface area (Å²) in [6, 6.07) is 4.62. The van der Waals surface area contributed by atoms with Gasteiger partial charge in [-0.25, -0.2) is 4.98 Å². The number of hydrogen-bond acceptors (Lipinski definition) is 6. The van der Waals surface area contributed by atoms with Crippen LogP contribution >= 0.6 is 22.7 Å². The van der Waals surface area contributed by atoms with E-state index >= 15 is 0 Å². The van der Waals surface area contributed by atoms with E-state index in [1.54, 1.807) is 22.7 Å². The zero-order valence-corrected chi connectivity index (χ0v) is 13.7. The smallest absolute Gasteiger partial charge is 0.223 e. The van der Waals surface area contributed by atoms with Crippen LogP contribution in [-0.4, -0.2) is 16.0 Å². The number of nitrogens with zero attached hydrogens (tertiary/aromatic N) is 2. The Bertz CT molecular complexity index is 734. The maximum Gasteiger partial charge on any atom is 0.223 e. The molecular formula is C15H18N4S2. The first-order valence-corrected chi connectivity index (χ1v) is 8.75. The highest BCUT2D eigenvalue weighted by molar-refractivity contribution is 7.18. The average Bonchev–Trinajstić information content (AvgIpc) is 3.07. The molecule has 0 aliphatic rings. The van der Waals surface area contributed by atoms with Gasteiger partial charge in [0.05, 0.1) is 5.39 Å². The summed E-state index contributed by atoms with van der Waals surface area (Å²) in [6.07, 6.45) is 1.98. The lowest BCUT2D eigenvalue weighted by atomic mass is 10.1. The lowest BCUT2D eigenvalue weighted by Gasteiger charge is -2.14. The minimum atomic E-state index is 0.294. The van der Waals surface area contributed by atoms with Crippen LogP contribution in [0.3, 0.4) is 0 Å². The molecule has 0 aliphatic carbocycles. The highest BCUT2D eigenvalue weighted by atomic mass is 32.1. The van der Waals surface area contributed by atoms with Gasteiger partial charge in [-0.05, 0) is 48.2 Å². The van der Waals surface area contributed by atoms with Crippen LogP contribution in [0.4, 0.5) is 11.8 Å². The number of hydrogen-bond donors (Lipinski definition) is 2. The molecule has 6 heteroatoms. The quantitative estimate of drug-likeness (QED) is 0.748. The van der Waals surface area contributed by atoms with Crippen LogP contribution in [-0.2, 0) is 12.8 Å². The molecule has 21 heavy (non-hydrogen) atoms. The molecule has 3 heterocycles. The molecule has 4 nitrogen and oxygen atoms in total. The number of aryl methyl sites for hydroxylation is 1. The summed E-state index contributed by atoms with van der Waals surface area (Å²) >= 11 is 3.42. The van der Waals surface area contributed by atoms with Crippen molar-refractivity contribution in [3.63, 3.8) is 0 Å². The summed E-state index contributed by atoms with van der Waals surface area (Å²) in [6.45, 7) is 4.31. The van der Waals surface area contributed by atoms with Crippen molar-refractivity contribution >= 4 is 44.7 Å². The molecule has 0 radical (unpaired) electrons. The summed E-state index contributed by atoms with van der Waals surface area (Å²) in [5, 5.41) is 8.84.